The van der Waals surface area contributed by atoms with Gasteiger partial charge in [0, 0.05) is 20.5 Å². The first-order valence-corrected chi connectivity index (χ1v) is 4.81. The highest BCUT2D eigenvalue weighted by molar-refractivity contribution is 5.69. The number of carbonyl (C=O) groups is 1. The highest BCUT2D eigenvalue weighted by Gasteiger charge is 2.31. The maximum absolute atomic E-state index is 11.0. The van der Waals surface area contributed by atoms with Gasteiger partial charge in [-0.15, -0.1) is 0 Å². The second-order valence-electron chi connectivity index (χ2n) is 3.43. The Morgan fingerprint density at radius 2 is 2.20 bits per heavy atom. The number of methoxy groups -OCH3 is 1. The zero-order valence-corrected chi connectivity index (χ0v) is 8.77. The molecule has 0 saturated carbocycles. The Balaban J connectivity index is 2.29. The first-order chi connectivity index (χ1) is 7.22. The van der Waals surface area contributed by atoms with Crippen LogP contribution in [0.1, 0.15) is 12.5 Å². The fourth-order valence-corrected chi connectivity index (χ4v) is 1.75. The molecule has 1 aromatic carbocycles. The van der Waals surface area contributed by atoms with Gasteiger partial charge < -0.3 is 9.57 Å². The number of para-hydroxylation sites is 1. The molecule has 0 N–H and O–H groups in total. The molecule has 0 spiro atoms. The standard InChI is InChI=1S/C11H13NO3/c1-8(13)15-12-10-6-4-3-5-9(10)7-11(12)14-2/h3-6,11H,7H2,1-2H3. The van der Waals surface area contributed by atoms with E-state index in [4.69, 9.17) is 9.57 Å². The molecule has 0 radical (unpaired) electrons. The molecule has 1 heterocycles. The quantitative estimate of drug-likeness (QED) is 0.736. The van der Waals surface area contributed by atoms with E-state index in [0.29, 0.717) is 0 Å². The average Bonchev–Trinajstić information content (AvgIpc) is 2.56. The van der Waals surface area contributed by atoms with E-state index in [9.17, 15) is 4.79 Å². The number of hydroxylamine groups is 1. The van der Waals surface area contributed by atoms with Crippen molar-refractivity contribution in [2.45, 2.75) is 19.6 Å². The van der Waals surface area contributed by atoms with Crippen LogP contribution in [0.25, 0.3) is 0 Å². The van der Waals surface area contributed by atoms with E-state index in [1.54, 1.807) is 7.11 Å². The summed E-state index contributed by atoms with van der Waals surface area (Å²) >= 11 is 0. The number of anilines is 1. The van der Waals surface area contributed by atoms with Crippen LogP contribution in [-0.2, 0) is 20.8 Å². The van der Waals surface area contributed by atoms with Gasteiger partial charge in [-0.25, -0.2) is 0 Å². The summed E-state index contributed by atoms with van der Waals surface area (Å²) in [7, 11) is 1.60. The lowest BCUT2D eigenvalue weighted by Gasteiger charge is -2.23. The van der Waals surface area contributed by atoms with Crippen LogP contribution < -0.4 is 5.06 Å². The Kier molecular flexibility index (Phi) is 2.60. The van der Waals surface area contributed by atoms with Crippen LogP contribution in [0.5, 0.6) is 0 Å². The van der Waals surface area contributed by atoms with Crippen molar-refractivity contribution >= 4 is 11.7 Å². The summed E-state index contributed by atoms with van der Waals surface area (Å²) in [6, 6.07) is 7.79. The van der Waals surface area contributed by atoms with Crippen molar-refractivity contribution in [1.82, 2.24) is 0 Å². The molecule has 0 fully saturated rings. The second kappa shape index (κ2) is 3.90. The van der Waals surface area contributed by atoms with Gasteiger partial charge in [0.15, 0.2) is 6.23 Å². The molecule has 0 bridgehead atoms. The zero-order valence-electron chi connectivity index (χ0n) is 8.77. The SMILES string of the molecule is COC1Cc2ccccc2N1OC(C)=O. The molecule has 4 nitrogen and oxygen atoms in total. The molecule has 1 aromatic rings. The van der Waals surface area contributed by atoms with Crippen molar-refractivity contribution in [2.24, 2.45) is 0 Å². The molecule has 1 unspecified atom stereocenters. The van der Waals surface area contributed by atoms with Crippen LogP contribution in [0, 0.1) is 0 Å². The molecule has 80 valence electrons. The average molecular weight is 207 g/mol. The molecule has 2 rings (SSSR count). The van der Waals surface area contributed by atoms with Crippen molar-refractivity contribution < 1.29 is 14.4 Å². The van der Waals surface area contributed by atoms with E-state index < -0.39 is 0 Å². The lowest BCUT2D eigenvalue weighted by molar-refractivity contribution is -0.146. The predicted molar refractivity (Wildman–Crippen MR) is 55.2 cm³/mol. The number of hydrogen-bond donors (Lipinski definition) is 0. The van der Waals surface area contributed by atoms with Gasteiger partial charge in [0.2, 0.25) is 0 Å². The van der Waals surface area contributed by atoms with Gasteiger partial charge in [0.25, 0.3) is 0 Å². The van der Waals surface area contributed by atoms with E-state index in [-0.39, 0.29) is 12.2 Å². The lowest BCUT2D eigenvalue weighted by Crippen LogP contribution is -2.34. The number of hydrogen-bond acceptors (Lipinski definition) is 4. The normalized spacial score (nSPS) is 18.8. The van der Waals surface area contributed by atoms with Gasteiger partial charge >= 0.3 is 5.97 Å². The molecule has 0 aliphatic carbocycles. The highest BCUT2D eigenvalue weighted by atomic mass is 16.7. The Labute approximate surface area is 88.4 Å². The van der Waals surface area contributed by atoms with Gasteiger partial charge in [0.05, 0.1) is 5.69 Å². The minimum Gasteiger partial charge on any atom is -0.358 e. The minimum absolute atomic E-state index is 0.216. The van der Waals surface area contributed by atoms with Crippen LogP contribution in [0.15, 0.2) is 24.3 Å². The summed E-state index contributed by atoms with van der Waals surface area (Å²) in [6.45, 7) is 1.38. The van der Waals surface area contributed by atoms with Crippen molar-refractivity contribution in [3.8, 4) is 0 Å². The maximum Gasteiger partial charge on any atom is 0.329 e. The van der Waals surface area contributed by atoms with Gasteiger partial charge in [0.1, 0.15) is 0 Å². The summed E-state index contributed by atoms with van der Waals surface area (Å²) in [5, 5.41) is 1.53. The number of carbonyl (C=O) groups excluding carboxylic acids is 1. The van der Waals surface area contributed by atoms with E-state index in [1.807, 2.05) is 24.3 Å². The first-order valence-electron chi connectivity index (χ1n) is 4.81. The number of benzene rings is 1. The third-order valence-electron chi connectivity index (χ3n) is 2.38. The smallest absolute Gasteiger partial charge is 0.329 e. The summed E-state index contributed by atoms with van der Waals surface area (Å²) in [6.07, 6.45) is 0.520. The van der Waals surface area contributed by atoms with Crippen LogP contribution in [0.3, 0.4) is 0 Å². The molecular weight excluding hydrogens is 194 g/mol. The minimum atomic E-state index is -0.339. The monoisotopic (exact) mass is 207 g/mol. The molecule has 0 saturated heterocycles. The molecule has 0 aromatic heterocycles. The number of fused-ring (bicyclic) bond motifs is 1. The highest BCUT2D eigenvalue weighted by Crippen LogP contribution is 2.32. The summed E-state index contributed by atoms with van der Waals surface area (Å²) in [4.78, 5) is 16.1. The zero-order chi connectivity index (χ0) is 10.8. The summed E-state index contributed by atoms with van der Waals surface area (Å²) in [5.41, 5.74) is 2.03. The van der Waals surface area contributed by atoms with Crippen molar-refractivity contribution in [3.05, 3.63) is 29.8 Å². The van der Waals surface area contributed by atoms with Crippen molar-refractivity contribution in [3.63, 3.8) is 0 Å². The van der Waals surface area contributed by atoms with Crippen molar-refractivity contribution in [2.75, 3.05) is 12.2 Å². The predicted octanol–water partition coefficient (Wildman–Crippen LogP) is 1.50. The first kappa shape index (κ1) is 9.98. The maximum atomic E-state index is 11.0. The molecule has 1 aliphatic heterocycles. The Morgan fingerprint density at radius 1 is 1.47 bits per heavy atom. The molecular formula is C11H13NO3. The topological polar surface area (TPSA) is 38.8 Å². The molecule has 4 heteroatoms. The lowest BCUT2D eigenvalue weighted by atomic mass is 10.2. The van der Waals surface area contributed by atoms with Gasteiger partial charge in [-0.2, -0.15) is 5.06 Å². The fourth-order valence-electron chi connectivity index (χ4n) is 1.75. The van der Waals surface area contributed by atoms with Gasteiger partial charge in [-0.1, -0.05) is 18.2 Å². The summed E-state index contributed by atoms with van der Waals surface area (Å²) < 4.78 is 5.26. The second-order valence-corrected chi connectivity index (χ2v) is 3.43. The largest absolute Gasteiger partial charge is 0.358 e. The Morgan fingerprint density at radius 3 is 2.87 bits per heavy atom. The fraction of sp³-hybridized carbons (Fsp3) is 0.364. The number of rotatable bonds is 2. The Hall–Kier alpha value is -1.55. The molecule has 1 atom stereocenters. The molecule has 0 amide bonds. The molecule has 1 aliphatic rings. The van der Waals surface area contributed by atoms with E-state index in [2.05, 4.69) is 0 Å². The van der Waals surface area contributed by atoms with Crippen LogP contribution >= 0.6 is 0 Å². The van der Waals surface area contributed by atoms with Crippen molar-refractivity contribution in [1.29, 1.82) is 0 Å². The van der Waals surface area contributed by atoms with Crippen LogP contribution in [0.4, 0.5) is 5.69 Å². The summed E-state index contributed by atoms with van der Waals surface area (Å²) in [5.74, 6) is -0.339. The third-order valence-corrected chi connectivity index (χ3v) is 2.38. The van der Waals surface area contributed by atoms with E-state index >= 15 is 0 Å². The number of nitrogens with zero attached hydrogens (tertiary/aromatic N) is 1. The van der Waals surface area contributed by atoms with E-state index in [0.717, 1.165) is 17.7 Å². The van der Waals surface area contributed by atoms with Gasteiger partial charge in [-0.3, -0.25) is 4.79 Å². The Bertz CT molecular complexity index is 378. The van der Waals surface area contributed by atoms with Crippen LogP contribution in [0.2, 0.25) is 0 Å². The number of ether oxygens (including phenoxy) is 1. The van der Waals surface area contributed by atoms with E-state index in [1.165, 1.54) is 12.0 Å². The van der Waals surface area contributed by atoms with Gasteiger partial charge in [-0.05, 0) is 11.6 Å². The molecule has 15 heavy (non-hydrogen) atoms. The van der Waals surface area contributed by atoms with Crippen LogP contribution in [-0.4, -0.2) is 19.3 Å². The third kappa shape index (κ3) is 1.80.